The van der Waals surface area contributed by atoms with Crippen molar-refractivity contribution in [1.29, 1.82) is 0 Å². The van der Waals surface area contributed by atoms with Gasteiger partial charge in [0.25, 0.3) is 0 Å². The van der Waals surface area contributed by atoms with E-state index >= 15 is 0 Å². The fourth-order valence-electron chi connectivity index (χ4n) is 7.37. The first-order chi connectivity index (χ1) is 28.7. The number of rotatable bonds is 13. The van der Waals surface area contributed by atoms with Crippen LogP contribution in [0.4, 0.5) is 22.7 Å². The number of nitrogens with zero attached hydrogens (tertiary/aromatic N) is 2. The van der Waals surface area contributed by atoms with Crippen LogP contribution in [0.1, 0.15) is 47.2 Å². The van der Waals surface area contributed by atoms with Crippen LogP contribution in [0.2, 0.25) is 0 Å². The highest BCUT2D eigenvalue weighted by atomic mass is 15.1. The van der Waals surface area contributed by atoms with Crippen molar-refractivity contribution in [3.05, 3.63) is 264 Å². The normalized spacial score (nSPS) is 10.7. The molecule has 0 aliphatic carbocycles. The van der Waals surface area contributed by atoms with Crippen LogP contribution in [0, 0.1) is 0 Å². The molecule has 58 heavy (non-hydrogen) atoms. The Bertz CT molecular complexity index is 2290. The number of hydrogen-bond donors (Lipinski definition) is 0. The summed E-state index contributed by atoms with van der Waals surface area (Å²) in [5.74, 6) is 0. The summed E-state index contributed by atoms with van der Waals surface area (Å²) in [6.45, 7) is 4.40. The van der Waals surface area contributed by atoms with Gasteiger partial charge in [-0.2, -0.15) is 0 Å². The number of anilines is 4. The molecule has 0 radical (unpaired) electrons. The van der Waals surface area contributed by atoms with Crippen LogP contribution in [0.3, 0.4) is 0 Å². The highest BCUT2D eigenvalue weighted by molar-refractivity contribution is 5.86. The lowest BCUT2D eigenvalue weighted by Crippen LogP contribution is -2.10. The Morgan fingerprint density at radius 3 is 0.793 bits per heavy atom. The summed E-state index contributed by atoms with van der Waals surface area (Å²) in [4.78, 5) is 4.62. The molecule has 0 saturated heterocycles. The largest absolute Gasteiger partial charge is 0.317 e. The summed E-state index contributed by atoms with van der Waals surface area (Å²) in [5.41, 5.74) is 16.4. The third-order valence-corrected chi connectivity index (χ3v) is 10.7. The van der Waals surface area contributed by atoms with E-state index in [-0.39, 0.29) is 0 Å². The van der Waals surface area contributed by atoms with Crippen molar-refractivity contribution in [2.45, 2.75) is 26.7 Å². The van der Waals surface area contributed by atoms with E-state index in [4.69, 9.17) is 0 Å². The Kier molecular flexibility index (Phi) is 11.8. The van der Waals surface area contributed by atoms with Gasteiger partial charge in [0.15, 0.2) is 0 Å². The minimum absolute atomic E-state index is 1.00. The zero-order chi connectivity index (χ0) is 39.5. The average molecular weight is 749 g/mol. The van der Waals surface area contributed by atoms with Crippen molar-refractivity contribution >= 4 is 33.9 Å². The maximum absolute atomic E-state index is 2.31. The van der Waals surface area contributed by atoms with Gasteiger partial charge in [0.05, 0.1) is 0 Å². The van der Waals surface area contributed by atoms with Gasteiger partial charge >= 0.3 is 0 Å². The van der Waals surface area contributed by atoms with Crippen molar-refractivity contribution < 1.29 is 0 Å². The molecule has 0 N–H and O–H groups in total. The Hall–Kier alpha value is -7.16. The van der Waals surface area contributed by atoms with E-state index in [0.717, 1.165) is 57.9 Å². The van der Waals surface area contributed by atoms with E-state index in [0.29, 0.717) is 0 Å². The van der Waals surface area contributed by atoms with E-state index in [1.54, 1.807) is 0 Å². The van der Waals surface area contributed by atoms with Gasteiger partial charge in [-0.3, -0.25) is 0 Å². The van der Waals surface area contributed by atoms with Crippen LogP contribution in [-0.2, 0) is 12.8 Å². The summed E-state index contributed by atoms with van der Waals surface area (Å²) in [7, 11) is 0. The van der Waals surface area contributed by atoms with Crippen LogP contribution < -0.4 is 9.80 Å². The molecule has 0 unspecified atom stereocenters. The van der Waals surface area contributed by atoms with Gasteiger partial charge in [-0.25, -0.2) is 0 Å². The monoisotopic (exact) mass is 748 g/mol. The SMILES string of the molecule is CCc1ccc(N(C=C(c2ccccc2)c2ccccc2)c2ccc(-c3ccc(N(C=C(c4ccccc4)c4ccccc4)c4ccc(CC)cc4)cc3)cc2)cc1. The molecule has 0 heterocycles. The Morgan fingerprint density at radius 1 is 0.310 bits per heavy atom. The molecule has 0 aromatic heterocycles. The fraction of sp³-hybridized carbons (Fsp3) is 0.0714. The maximum Gasteiger partial charge on any atom is 0.0456 e. The first kappa shape index (κ1) is 37.7. The topological polar surface area (TPSA) is 6.48 Å². The van der Waals surface area contributed by atoms with E-state index in [9.17, 15) is 0 Å². The van der Waals surface area contributed by atoms with Crippen LogP contribution >= 0.6 is 0 Å². The maximum atomic E-state index is 2.31. The van der Waals surface area contributed by atoms with Gasteiger partial charge in [-0.1, -0.05) is 184 Å². The molecule has 282 valence electrons. The van der Waals surface area contributed by atoms with E-state index < -0.39 is 0 Å². The van der Waals surface area contributed by atoms with Crippen LogP contribution in [0.5, 0.6) is 0 Å². The van der Waals surface area contributed by atoms with Gasteiger partial charge in [0, 0.05) is 46.3 Å². The lowest BCUT2D eigenvalue weighted by atomic mass is 9.98. The predicted molar refractivity (Wildman–Crippen MR) is 248 cm³/mol. The van der Waals surface area contributed by atoms with Gasteiger partial charge < -0.3 is 9.80 Å². The van der Waals surface area contributed by atoms with E-state index in [2.05, 4.69) is 254 Å². The molecule has 0 spiro atoms. The molecular weight excluding hydrogens is 701 g/mol. The summed E-state index contributed by atoms with van der Waals surface area (Å²) in [6, 6.07) is 78.4. The molecule has 8 aromatic carbocycles. The third-order valence-electron chi connectivity index (χ3n) is 10.7. The Labute approximate surface area is 344 Å². The molecule has 8 rings (SSSR count). The molecule has 2 nitrogen and oxygen atoms in total. The average Bonchev–Trinajstić information content (AvgIpc) is 3.31. The van der Waals surface area contributed by atoms with Gasteiger partial charge in [0.2, 0.25) is 0 Å². The number of benzene rings is 8. The highest BCUT2D eigenvalue weighted by Crippen LogP contribution is 2.36. The second-order valence-corrected chi connectivity index (χ2v) is 14.4. The summed E-state index contributed by atoms with van der Waals surface area (Å²) in [6.07, 6.45) is 6.57. The minimum atomic E-state index is 1.00. The van der Waals surface area contributed by atoms with Crippen molar-refractivity contribution in [2.75, 3.05) is 9.80 Å². The molecule has 0 atom stereocenters. The summed E-state index contributed by atoms with van der Waals surface area (Å²) in [5, 5.41) is 0. The predicted octanol–water partition coefficient (Wildman–Crippen LogP) is 14.9. The van der Waals surface area contributed by atoms with Crippen LogP contribution in [0.25, 0.3) is 22.3 Å². The Morgan fingerprint density at radius 2 is 0.552 bits per heavy atom. The zero-order valence-electron chi connectivity index (χ0n) is 33.2. The molecule has 0 bridgehead atoms. The standard InChI is InChI=1S/C56H48N2/c1-3-43-25-33-51(34-26-43)57(41-55(47-17-9-5-10-18-47)48-19-11-6-12-20-48)53-37-29-45(30-38-53)46-31-39-54(40-32-46)58(52-35-27-44(4-2)28-36-52)42-56(49-21-13-7-14-22-49)50-23-15-8-16-24-50/h5-42H,3-4H2,1-2H3. The van der Waals surface area contributed by atoms with Gasteiger partial charge in [-0.05, 0) is 106 Å². The molecular formula is C56H48N2. The molecule has 0 aliphatic heterocycles. The van der Waals surface area contributed by atoms with Crippen LogP contribution in [-0.4, -0.2) is 0 Å². The Balaban J connectivity index is 1.16. The highest BCUT2D eigenvalue weighted by Gasteiger charge is 2.15. The van der Waals surface area contributed by atoms with Crippen molar-refractivity contribution in [3.63, 3.8) is 0 Å². The van der Waals surface area contributed by atoms with Gasteiger partial charge in [-0.15, -0.1) is 0 Å². The molecule has 2 heteroatoms. The molecule has 8 aromatic rings. The molecule has 0 amide bonds. The molecule has 0 fully saturated rings. The zero-order valence-corrected chi connectivity index (χ0v) is 33.2. The van der Waals surface area contributed by atoms with Crippen molar-refractivity contribution in [1.82, 2.24) is 0 Å². The smallest absolute Gasteiger partial charge is 0.0456 e. The first-order valence-electron chi connectivity index (χ1n) is 20.3. The third kappa shape index (κ3) is 8.78. The second kappa shape index (κ2) is 18.2. The number of hydrogen-bond acceptors (Lipinski definition) is 2. The molecule has 0 aliphatic rings. The van der Waals surface area contributed by atoms with Crippen molar-refractivity contribution in [2.24, 2.45) is 0 Å². The second-order valence-electron chi connectivity index (χ2n) is 14.4. The quantitative estimate of drug-likeness (QED) is 0.116. The lowest BCUT2D eigenvalue weighted by molar-refractivity contribution is 1.14. The summed E-state index contributed by atoms with van der Waals surface area (Å²) >= 11 is 0. The van der Waals surface area contributed by atoms with Crippen LogP contribution in [0.15, 0.2) is 231 Å². The van der Waals surface area contributed by atoms with E-state index in [1.165, 1.54) is 33.4 Å². The molecule has 0 saturated carbocycles. The fourth-order valence-corrected chi connectivity index (χ4v) is 7.37. The van der Waals surface area contributed by atoms with E-state index in [1.807, 2.05) is 0 Å². The van der Waals surface area contributed by atoms with Crippen molar-refractivity contribution in [3.8, 4) is 11.1 Å². The number of aryl methyl sites for hydroxylation is 2. The summed E-state index contributed by atoms with van der Waals surface area (Å²) < 4.78 is 0. The van der Waals surface area contributed by atoms with Gasteiger partial charge in [0.1, 0.15) is 0 Å². The first-order valence-corrected chi connectivity index (χ1v) is 20.3. The minimum Gasteiger partial charge on any atom is -0.317 e. The lowest BCUT2D eigenvalue weighted by Gasteiger charge is -2.24.